The van der Waals surface area contributed by atoms with Crippen molar-refractivity contribution in [2.45, 2.75) is 87.7 Å². The molecule has 16 heteroatoms. The van der Waals surface area contributed by atoms with Crippen LogP contribution in [0, 0.1) is 5.41 Å². The third kappa shape index (κ3) is 11.3. The van der Waals surface area contributed by atoms with Crippen LogP contribution in [-0.4, -0.2) is 117 Å². The largest absolute Gasteiger partial charge is 0.378 e. The highest BCUT2D eigenvalue weighted by Crippen LogP contribution is 2.50. The number of carbonyl (C=O) groups is 7. The molecule has 2 aromatic carbocycles. The van der Waals surface area contributed by atoms with Crippen LogP contribution in [0.2, 0.25) is 0 Å². The first kappa shape index (κ1) is 44.3. The summed E-state index contributed by atoms with van der Waals surface area (Å²) in [6.45, 7) is 6.76. The standard InChI is InChI=1S/C40H54N6O8S2/c1-7-15-27(32(49)35(51)41-23-29(47)43-30(37(53)45(5)6)25-16-10-8-11-17-25)42-34(50)28-22-40(55-20-14-21-56-40)24-46(28)38(54)33(39(2,3)4)44-36(52)31(48)26-18-12-9-13-19-26/h8-13,16-19,27-28,30-31,33,48H,7,14-15,20-24H2,1-6H3,(H,41,51)(H,42,50)(H,43,47)(H,44,52)/t27?,28-,30?,31+,33+/m0/s1. The number of nitrogens with one attached hydrogen (secondary N) is 4. The Hall–Kier alpha value is -4.41. The quantitative estimate of drug-likeness (QED) is 0.167. The maximum absolute atomic E-state index is 14.5. The van der Waals surface area contributed by atoms with Gasteiger partial charge in [-0.05, 0) is 40.9 Å². The lowest BCUT2D eigenvalue weighted by atomic mass is 9.85. The van der Waals surface area contributed by atoms with Crippen LogP contribution in [0.25, 0.3) is 0 Å². The predicted octanol–water partition coefficient (Wildman–Crippen LogP) is 2.33. The molecule has 14 nitrogen and oxygen atoms in total. The lowest BCUT2D eigenvalue weighted by molar-refractivity contribution is -0.146. The first-order valence-corrected chi connectivity index (χ1v) is 20.7. The molecule has 0 radical (unpaired) electrons. The molecule has 1 spiro atoms. The third-order valence-corrected chi connectivity index (χ3v) is 13.0. The molecule has 2 saturated heterocycles. The smallest absolute Gasteiger partial charge is 0.290 e. The summed E-state index contributed by atoms with van der Waals surface area (Å²) >= 11 is 3.35. The molecule has 2 aliphatic rings. The van der Waals surface area contributed by atoms with E-state index in [1.54, 1.807) is 126 Å². The number of hydrogen-bond donors (Lipinski definition) is 5. The van der Waals surface area contributed by atoms with Gasteiger partial charge >= 0.3 is 0 Å². The van der Waals surface area contributed by atoms with E-state index in [9.17, 15) is 38.7 Å². The number of benzene rings is 2. The van der Waals surface area contributed by atoms with E-state index in [0.29, 0.717) is 17.5 Å². The van der Waals surface area contributed by atoms with Crippen LogP contribution in [0.4, 0.5) is 0 Å². The van der Waals surface area contributed by atoms with Crippen LogP contribution in [0.15, 0.2) is 60.7 Å². The van der Waals surface area contributed by atoms with Gasteiger partial charge in [-0.15, -0.1) is 23.5 Å². The Bertz CT molecular complexity index is 1730. The van der Waals surface area contributed by atoms with Crippen molar-refractivity contribution in [1.29, 1.82) is 0 Å². The van der Waals surface area contributed by atoms with Gasteiger partial charge in [0.25, 0.3) is 11.8 Å². The fourth-order valence-corrected chi connectivity index (χ4v) is 9.94. The van der Waals surface area contributed by atoms with E-state index in [2.05, 4.69) is 21.3 Å². The summed E-state index contributed by atoms with van der Waals surface area (Å²) < 4.78 is -0.494. The zero-order valence-corrected chi connectivity index (χ0v) is 34.5. The highest BCUT2D eigenvalue weighted by molar-refractivity contribution is 8.18. The minimum Gasteiger partial charge on any atom is -0.378 e. The van der Waals surface area contributed by atoms with Gasteiger partial charge in [0, 0.05) is 27.1 Å². The van der Waals surface area contributed by atoms with E-state index in [-0.39, 0.29) is 25.3 Å². The van der Waals surface area contributed by atoms with E-state index in [1.165, 1.54) is 9.80 Å². The zero-order chi connectivity index (χ0) is 41.2. The molecule has 2 unspecified atom stereocenters. The van der Waals surface area contributed by atoms with Crippen molar-refractivity contribution in [2.24, 2.45) is 5.41 Å². The number of rotatable bonds is 15. The molecule has 0 saturated carbocycles. The minimum absolute atomic E-state index is 0.116. The van der Waals surface area contributed by atoms with Gasteiger partial charge in [-0.2, -0.15) is 0 Å². The summed E-state index contributed by atoms with van der Waals surface area (Å²) in [6.07, 6.45) is 0.279. The van der Waals surface area contributed by atoms with Gasteiger partial charge in [0.2, 0.25) is 29.4 Å². The minimum atomic E-state index is -1.52. The average Bonchev–Trinajstić information content (AvgIpc) is 3.55. The second-order valence-electron chi connectivity index (χ2n) is 15.3. The molecule has 0 bridgehead atoms. The number of aliphatic hydroxyl groups is 1. The molecule has 2 aliphatic heterocycles. The van der Waals surface area contributed by atoms with Crippen LogP contribution >= 0.6 is 23.5 Å². The molecule has 56 heavy (non-hydrogen) atoms. The van der Waals surface area contributed by atoms with Crippen LogP contribution in [0.3, 0.4) is 0 Å². The van der Waals surface area contributed by atoms with Crippen molar-refractivity contribution in [1.82, 2.24) is 31.1 Å². The molecule has 6 amide bonds. The van der Waals surface area contributed by atoms with Gasteiger partial charge < -0.3 is 36.2 Å². The Morgan fingerprint density at radius 3 is 2.04 bits per heavy atom. The Balaban J connectivity index is 1.49. The summed E-state index contributed by atoms with van der Waals surface area (Å²) in [4.78, 5) is 97.2. The molecule has 5 N–H and O–H groups in total. The molecule has 2 heterocycles. The van der Waals surface area contributed by atoms with Gasteiger partial charge in [-0.1, -0.05) is 94.8 Å². The number of nitrogens with zero attached hydrogens (tertiary/aromatic N) is 2. The zero-order valence-electron chi connectivity index (χ0n) is 32.8. The van der Waals surface area contributed by atoms with E-state index in [4.69, 9.17) is 0 Å². The summed E-state index contributed by atoms with van der Waals surface area (Å²) in [5, 5.41) is 21.2. The van der Waals surface area contributed by atoms with Crippen LogP contribution < -0.4 is 21.3 Å². The highest BCUT2D eigenvalue weighted by atomic mass is 32.2. The monoisotopic (exact) mass is 810 g/mol. The summed E-state index contributed by atoms with van der Waals surface area (Å²) in [5.74, 6) is -3.32. The van der Waals surface area contributed by atoms with Crippen LogP contribution in [-0.2, 0) is 33.6 Å². The van der Waals surface area contributed by atoms with Gasteiger partial charge in [0.1, 0.15) is 18.1 Å². The second kappa shape index (κ2) is 19.6. The van der Waals surface area contributed by atoms with Gasteiger partial charge in [-0.25, -0.2) is 0 Å². The molecule has 0 aliphatic carbocycles. The number of aliphatic hydroxyl groups excluding tert-OH is 1. The maximum atomic E-state index is 14.5. The van der Waals surface area contributed by atoms with Crippen LogP contribution in [0.1, 0.15) is 76.7 Å². The fraction of sp³-hybridized carbons (Fsp3) is 0.525. The number of thioether (sulfide) groups is 2. The first-order valence-electron chi connectivity index (χ1n) is 18.8. The lowest BCUT2D eigenvalue weighted by Gasteiger charge is -2.36. The number of Topliss-reactive ketones (excluding diaryl/α,β-unsaturated/α-hetero) is 1. The Morgan fingerprint density at radius 1 is 0.893 bits per heavy atom. The molecular weight excluding hydrogens is 757 g/mol. The Kier molecular flexibility index (Phi) is 15.5. The number of ketones is 1. The van der Waals surface area contributed by atoms with Gasteiger partial charge in [0.15, 0.2) is 6.10 Å². The Labute approximate surface area is 337 Å². The van der Waals surface area contributed by atoms with Crippen molar-refractivity contribution >= 4 is 64.8 Å². The van der Waals surface area contributed by atoms with Crippen molar-refractivity contribution < 1.29 is 38.7 Å². The van der Waals surface area contributed by atoms with E-state index in [1.807, 2.05) is 0 Å². The number of carbonyl (C=O) groups excluding carboxylic acids is 7. The van der Waals surface area contributed by atoms with Gasteiger partial charge in [-0.3, -0.25) is 33.6 Å². The normalized spacial score (nSPS) is 18.5. The molecule has 304 valence electrons. The number of likely N-dealkylation sites (N-methyl/N-ethyl adjacent to an activating group) is 1. The topological polar surface area (TPSA) is 194 Å². The number of hydrogen-bond acceptors (Lipinski definition) is 10. The van der Waals surface area contributed by atoms with E-state index in [0.717, 1.165) is 17.9 Å². The summed E-state index contributed by atoms with van der Waals surface area (Å²) in [6, 6.07) is 12.6. The lowest BCUT2D eigenvalue weighted by Crippen LogP contribution is -2.59. The van der Waals surface area contributed by atoms with Crippen LogP contribution in [0.5, 0.6) is 0 Å². The van der Waals surface area contributed by atoms with E-state index >= 15 is 0 Å². The summed E-state index contributed by atoms with van der Waals surface area (Å²) in [7, 11) is 3.11. The van der Waals surface area contributed by atoms with Crippen molar-refractivity contribution in [2.75, 3.05) is 38.7 Å². The second-order valence-corrected chi connectivity index (χ2v) is 18.5. The third-order valence-electron chi connectivity index (χ3n) is 9.63. The van der Waals surface area contributed by atoms with Crippen molar-refractivity contribution in [3.63, 3.8) is 0 Å². The SMILES string of the molecule is CCCC(NC(=O)[C@@H]1CC2(CN1C(=O)[C@@H](NC(=O)[C@H](O)c1ccccc1)C(C)(C)C)SCCCS2)C(=O)C(=O)NCC(=O)NC(C(=O)N(C)C)c1ccccc1. The fourth-order valence-electron chi connectivity index (χ4n) is 6.59. The number of likely N-dealkylation sites (tertiary alicyclic amines) is 1. The van der Waals surface area contributed by atoms with Crippen molar-refractivity contribution in [3.05, 3.63) is 71.8 Å². The van der Waals surface area contributed by atoms with Gasteiger partial charge in [0.05, 0.1) is 16.7 Å². The molecule has 5 atom stereocenters. The molecule has 0 aromatic heterocycles. The predicted molar refractivity (Wildman–Crippen MR) is 216 cm³/mol. The molecule has 2 fully saturated rings. The molecule has 4 rings (SSSR count). The molecule has 2 aromatic rings. The maximum Gasteiger partial charge on any atom is 0.290 e. The Morgan fingerprint density at radius 2 is 1.48 bits per heavy atom. The first-order chi connectivity index (χ1) is 26.5. The average molecular weight is 811 g/mol. The number of amides is 6. The van der Waals surface area contributed by atoms with E-state index < -0.39 is 81.6 Å². The summed E-state index contributed by atoms with van der Waals surface area (Å²) in [5.41, 5.74) is 0.0862. The molecular formula is C40H54N6O8S2. The van der Waals surface area contributed by atoms with Crippen molar-refractivity contribution in [3.8, 4) is 0 Å². The highest BCUT2D eigenvalue weighted by Gasteiger charge is 2.53.